The van der Waals surface area contributed by atoms with Gasteiger partial charge in [-0.3, -0.25) is 19.1 Å². The number of nitrogens with zero attached hydrogens (tertiary/aromatic N) is 2. The molecule has 0 bridgehead atoms. The fourth-order valence-corrected chi connectivity index (χ4v) is 4.21. The van der Waals surface area contributed by atoms with Crippen molar-refractivity contribution in [2.45, 2.75) is 5.92 Å². The lowest BCUT2D eigenvalue weighted by Crippen LogP contribution is -2.29. The zero-order chi connectivity index (χ0) is 20.3. The monoisotopic (exact) mass is 386 g/mol. The summed E-state index contributed by atoms with van der Waals surface area (Å²) in [5, 5.41) is 0.328. The lowest BCUT2D eigenvalue weighted by molar-refractivity contribution is -0.118. The number of carbonyl (C=O) groups excluding carboxylic acids is 1. The number of carbonyl (C=O) groups is 1. The molecule has 2 N–H and O–H groups in total. The molecule has 0 unspecified atom stereocenters. The predicted octanol–water partition coefficient (Wildman–Crippen LogP) is 2.33. The minimum absolute atomic E-state index is 0.113. The Labute approximate surface area is 165 Å². The predicted molar refractivity (Wildman–Crippen MR) is 111 cm³/mol. The van der Waals surface area contributed by atoms with E-state index in [0.717, 1.165) is 16.8 Å². The molecule has 0 radical (unpaired) electrons. The van der Waals surface area contributed by atoms with Crippen molar-refractivity contribution in [2.75, 3.05) is 11.9 Å². The van der Waals surface area contributed by atoms with Gasteiger partial charge >= 0.3 is 5.69 Å². The third kappa shape index (κ3) is 2.34. The van der Waals surface area contributed by atoms with E-state index < -0.39 is 17.2 Å². The molecule has 1 atom stereocenters. The summed E-state index contributed by atoms with van der Waals surface area (Å²) in [7, 11) is 3.32. The number of aryl methyl sites for hydroxylation is 1. The molecular weight excluding hydrogens is 368 g/mol. The van der Waals surface area contributed by atoms with E-state index in [2.05, 4.69) is 9.97 Å². The van der Waals surface area contributed by atoms with Gasteiger partial charge in [0.25, 0.3) is 5.56 Å². The summed E-state index contributed by atoms with van der Waals surface area (Å²) >= 11 is 0. The van der Waals surface area contributed by atoms with Crippen molar-refractivity contribution >= 4 is 22.6 Å². The Morgan fingerprint density at radius 3 is 2.31 bits per heavy atom. The Hall–Kier alpha value is -3.87. The molecular formula is C22H18N4O3. The van der Waals surface area contributed by atoms with Crippen LogP contribution in [0.5, 0.6) is 0 Å². The number of fused-ring (bicyclic) bond motifs is 2. The van der Waals surface area contributed by atoms with Gasteiger partial charge < -0.3 is 9.88 Å². The van der Waals surface area contributed by atoms with Gasteiger partial charge in [-0.1, -0.05) is 48.5 Å². The standard InChI is InChI=1S/C22H18N4O3/c1-25-14-11-7-6-10-13(14)15(21(25)28)16-17-19(26(2)22(29)24-20(17)27)23-18(16)12-8-4-3-5-9-12/h3-11,15,23H,1-2H3,(H,24,27,29)/t15-/m0/s1. The van der Waals surface area contributed by atoms with Gasteiger partial charge in [-0.2, -0.15) is 0 Å². The third-order valence-corrected chi connectivity index (χ3v) is 5.64. The summed E-state index contributed by atoms with van der Waals surface area (Å²) < 4.78 is 1.36. The molecule has 7 heteroatoms. The van der Waals surface area contributed by atoms with Crippen LogP contribution in [0.4, 0.5) is 5.69 Å². The van der Waals surface area contributed by atoms with E-state index in [1.807, 2.05) is 54.6 Å². The summed E-state index contributed by atoms with van der Waals surface area (Å²) in [5.74, 6) is -0.753. The van der Waals surface area contributed by atoms with Crippen LogP contribution in [0, 0.1) is 0 Å². The molecule has 2 aromatic heterocycles. The van der Waals surface area contributed by atoms with Gasteiger partial charge in [0, 0.05) is 25.3 Å². The van der Waals surface area contributed by atoms with Crippen molar-refractivity contribution in [3.63, 3.8) is 0 Å². The largest absolute Gasteiger partial charge is 0.340 e. The van der Waals surface area contributed by atoms with E-state index >= 15 is 0 Å². The molecule has 3 heterocycles. The zero-order valence-corrected chi connectivity index (χ0v) is 15.9. The molecule has 144 valence electrons. The normalized spacial score (nSPS) is 15.9. The molecule has 2 aromatic carbocycles. The summed E-state index contributed by atoms with van der Waals surface area (Å²) in [4.78, 5) is 45.5. The van der Waals surface area contributed by atoms with Gasteiger partial charge in [0.15, 0.2) is 0 Å². The van der Waals surface area contributed by atoms with Gasteiger partial charge in [-0.05, 0) is 17.2 Å². The highest BCUT2D eigenvalue weighted by atomic mass is 16.2. The average molecular weight is 386 g/mol. The molecule has 5 rings (SSSR count). The summed E-state index contributed by atoms with van der Waals surface area (Å²) in [6, 6.07) is 17.1. The second-order valence-corrected chi connectivity index (χ2v) is 7.21. The van der Waals surface area contributed by atoms with Gasteiger partial charge in [-0.15, -0.1) is 0 Å². The third-order valence-electron chi connectivity index (χ3n) is 5.64. The van der Waals surface area contributed by atoms with Crippen LogP contribution in [0.15, 0.2) is 64.2 Å². The highest BCUT2D eigenvalue weighted by molar-refractivity contribution is 6.10. The number of hydrogen-bond acceptors (Lipinski definition) is 3. The molecule has 1 aliphatic rings. The van der Waals surface area contributed by atoms with Crippen molar-refractivity contribution in [3.8, 4) is 11.3 Å². The highest BCUT2D eigenvalue weighted by Crippen LogP contribution is 2.45. The number of anilines is 1. The van der Waals surface area contributed by atoms with E-state index in [0.29, 0.717) is 22.3 Å². The van der Waals surface area contributed by atoms with Crippen molar-refractivity contribution in [1.29, 1.82) is 0 Å². The molecule has 0 saturated heterocycles. The number of rotatable bonds is 2. The Kier molecular flexibility index (Phi) is 3.61. The van der Waals surface area contributed by atoms with Crippen LogP contribution in [0.1, 0.15) is 17.0 Å². The number of aromatic nitrogens is 3. The fraction of sp³-hybridized carbons (Fsp3) is 0.136. The smallest absolute Gasteiger partial charge is 0.329 e. The Bertz CT molecular complexity index is 1400. The molecule has 1 amide bonds. The number of hydrogen-bond donors (Lipinski definition) is 2. The highest BCUT2D eigenvalue weighted by Gasteiger charge is 2.40. The van der Waals surface area contributed by atoms with Crippen molar-refractivity contribution in [3.05, 3.63) is 86.6 Å². The van der Waals surface area contributed by atoms with Crippen molar-refractivity contribution in [2.24, 2.45) is 7.05 Å². The number of H-pyrrole nitrogens is 2. The molecule has 0 spiro atoms. The minimum atomic E-state index is -0.640. The SMILES string of the molecule is CN1C(=O)[C@H](c2c(-c3ccccc3)[nH]c3c2c(=O)[nH]c(=O)n3C)c2ccccc21. The molecule has 7 nitrogen and oxygen atoms in total. The Morgan fingerprint density at radius 1 is 0.862 bits per heavy atom. The second kappa shape index (κ2) is 6.07. The fourth-order valence-electron chi connectivity index (χ4n) is 4.21. The lowest BCUT2D eigenvalue weighted by atomic mass is 9.89. The van der Waals surface area contributed by atoms with Crippen LogP contribution < -0.4 is 16.1 Å². The van der Waals surface area contributed by atoms with E-state index in [4.69, 9.17) is 0 Å². The van der Waals surface area contributed by atoms with Crippen molar-refractivity contribution in [1.82, 2.24) is 14.5 Å². The molecule has 29 heavy (non-hydrogen) atoms. The quantitative estimate of drug-likeness (QED) is 0.554. The van der Waals surface area contributed by atoms with Crippen LogP contribution in [-0.4, -0.2) is 27.5 Å². The summed E-state index contributed by atoms with van der Waals surface area (Å²) in [5.41, 5.74) is 3.13. The number of aromatic amines is 2. The van der Waals surface area contributed by atoms with Gasteiger partial charge in [-0.25, -0.2) is 4.79 Å². The molecule has 4 aromatic rings. The van der Waals surface area contributed by atoms with Crippen LogP contribution in [-0.2, 0) is 11.8 Å². The molecule has 1 aliphatic heterocycles. The zero-order valence-electron chi connectivity index (χ0n) is 15.9. The van der Waals surface area contributed by atoms with Gasteiger partial charge in [0.1, 0.15) is 5.65 Å². The van der Waals surface area contributed by atoms with Gasteiger partial charge in [0.2, 0.25) is 5.91 Å². The maximum atomic E-state index is 13.3. The number of nitrogens with one attached hydrogen (secondary N) is 2. The minimum Gasteiger partial charge on any atom is -0.340 e. The first-order chi connectivity index (χ1) is 14.0. The van der Waals surface area contributed by atoms with Gasteiger partial charge in [0.05, 0.1) is 17.0 Å². The topological polar surface area (TPSA) is 91.0 Å². The summed E-state index contributed by atoms with van der Waals surface area (Å²) in [6.45, 7) is 0. The molecule has 0 fully saturated rings. The first-order valence-electron chi connectivity index (χ1n) is 9.26. The summed E-state index contributed by atoms with van der Waals surface area (Å²) in [6.07, 6.45) is 0. The number of para-hydroxylation sites is 1. The maximum Gasteiger partial charge on any atom is 0.329 e. The first kappa shape index (κ1) is 17.2. The van der Waals surface area contributed by atoms with E-state index in [9.17, 15) is 14.4 Å². The van der Waals surface area contributed by atoms with Crippen LogP contribution in [0.2, 0.25) is 0 Å². The van der Waals surface area contributed by atoms with E-state index in [1.165, 1.54) is 4.57 Å². The molecule has 0 saturated carbocycles. The average Bonchev–Trinajstić information content (AvgIpc) is 3.24. The number of amides is 1. The lowest BCUT2D eigenvalue weighted by Gasteiger charge is -2.13. The van der Waals surface area contributed by atoms with Crippen LogP contribution in [0.3, 0.4) is 0 Å². The maximum absolute atomic E-state index is 13.3. The first-order valence-corrected chi connectivity index (χ1v) is 9.26. The number of likely N-dealkylation sites (N-methyl/N-ethyl adjacent to an activating group) is 1. The van der Waals surface area contributed by atoms with Crippen LogP contribution in [0.25, 0.3) is 22.3 Å². The Balaban J connectivity index is 1.93. The second-order valence-electron chi connectivity index (χ2n) is 7.21. The molecule has 0 aliphatic carbocycles. The van der Waals surface area contributed by atoms with E-state index in [1.54, 1.807) is 19.0 Å². The van der Waals surface area contributed by atoms with E-state index in [-0.39, 0.29) is 5.91 Å². The van der Waals surface area contributed by atoms with Crippen LogP contribution >= 0.6 is 0 Å². The Morgan fingerprint density at radius 2 is 1.55 bits per heavy atom. The van der Waals surface area contributed by atoms with Crippen molar-refractivity contribution < 1.29 is 4.79 Å². The number of benzene rings is 2.